The van der Waals surface area contributed by atoms with E-state index in [0.717, 1.165) is 25.7 Å². The van der Waals surface area contributed by atoms with E-state index < -0.39 is 18.2 Å². The SMILES string of the molecule is CC1CCC(C(O)C(F)C(=O)O)CC1. The zero-order valence-corrected chi connectivity index (χ0v) is 8.32. The number of hydrogen-bond donors (Lipinski definition) is 2. The van der Waals surface area contributed by atoms with E-state index in [4.69, 9.17) is 5.11 Å². The highest BCUT2D eigenvalue weighted by Crippen LogP contribution is 2.31. The van der Waals surface area contributed by atoms with E-state index in [1.807, 2.05) is 0 Å². The average molecular weight is 204 g/mol. The van der Waals surface area contributed by atoms with Crippen LogP contribution >= 0.6 is 0 Å². The largest absolute Gasteiger partial charge is 0.479 e. The Labute approximate surface area is 82.9 Å². The number of aliphatic hydroxyl groups is 1. The lowest BCUT2D eigenvalue weighted by molar-refractivity contribution is -0.149. The molecule has 0 aliphatic heterocycles. The summed E-state index contributed by atoms with van der Waals surface area (Å²) in [6.45, 7) is 2.12. The van der Waals surface area contributed by atoms with E-state index in [-0.39, 0.29) is 5.92 Å². The third kappa shape index (κ3) is 2.67. The number of hydrogen-bond acceptors (Lipinski definition) is 2. The van der Waals surface area contributed by atoms with Crippen LogP contribution in [0, 0.1) is 11.8 Å². The monoisotopic (exact) mass is 204 g/mol. The van der Waals surface area contributed by atoms with Crippen molar-refractivity contribution >= 4 is 5.97 Å². The molecular formula is C10H17FO3. The second-order valence-electron chi connectivity index (χ2n) is 4.25. The van der Waals surface area contributed by atoms with Crippen LogP contribution in [0.5, 0.6) is 0 Å². The molecule has 0 aromatic heterocycles. The summed E-state index contributed by atoms with van der Waals surface area (Å²) in [6.07, 6.45) is -0.0952. The van der Waals surface area contributed by atoms with Crippen LogP contribution in [0.25, 0.3) is 0 Å². The number of carbonyl (C=O) groups is 1. The standard InChI is InChI=1S/C10H17FO3/c1-6-2-4-7(5-3-6)9(12)8(11)10(13)14/h6-9,12H,2-5H2,1H3,(H,13,14). The fourth-order valence-electron chi connectivity index (χ4n) is 2.01. The third-order valence-electron chi connectivity index (χ3n) is 3.08. The van der Waals surface area contributed by atoms with Gasteiger partial charge in [-0.05, 0) is 24.7 Å². The smallest absolute Gasteiger partial charge is 0.341 e. The molecule has 2 N–H and O–H groups in total. The molecule has 2 unspecified atom stereocenters. The maximum Gasteiger partial charge on any atom is 0.341 e. The first kappa shape index (κ1) is 11.4. The van der Waals surface area contributed by atoms with Crippen LogP contribution in [0.3, 0.4) is 0 Å². The normalized spacial score (nSPS) is 32.2. The predicted octanol–water partition coefficient (Wildman–Crippen LogP) is 1.60. The van der Waals surface area contributed by atoms with Crippen molar-refractivity contribution in [2.24, 2.45) is 11.8 Å². The fraction of sp³-hybridized carbons (Fsp3) is 0.900. The molecule has 0 heterocycles. The first-order chi connectivity index (χ1) is 6.52. The Hall–Kier alpha value is -0.640. The van der Waals surface area contributed by atoms with Crippen molar-refractivity contribution in [1.29, 1.82) is 0 Å². The summed E-state index contributed by atoms with van der Waals surface area (Å²) >= 11 is 0. The van der Waals surface area contributed by atoms with Crippen molar-refractivity contribution in [3.63, 3.8) is 0 Å². The van der Waals surface area contributed by atoms with E-state index in [9.17, 15) is 14.3 Å². The molecule has 1 saturated carbocycles. The molecule has 0 aromatic carbocycles. The first-order valence-electron chi connectivity index (χ1n) is 5.07. The van der Waals surface area contributed by atoms with E-state index in [0.29, 0.717) is 5.92 Å². The molecule has 0 spiro atoms. The Morgan fingerprint density at radius 1 is 1.36 bits per heavy atom. The summed E-state index contributed by atoms with van der Waals surface area (Å²) in [6, 6.07) is 0. The molecule has 82 valence electrons. The number of carboxylic acid groups (broad SMARTS) is 1. The van der Waals surface area contributed by atoms with Crippen LogP contribution in [0.4, 0.5) is 4.39 Å². The second kappa shape index (κ2) is 4.73. The number of halogens is 1. The first-order valence-corrected chi connectivity index (χ1v) is 5.07. The highest BCUT2D eigenvalue weighted by molar-refractivity contribution is 5.72. The van der Waals surface area contributed by atoms with Crippen LogP contribution in [-0.4, -0.2) is 28.5 Å². The van der Waals surface area contributed by atoms with E-state index in [2.05, 4.69) is 6.92 Å². The lowest BCUT2D eigenvalue weighted by Gasteiger charge is -2.30. The summed E-state index contributed by atoms with van der Waals surface area (Å²) < 4.78 is 13.0. The molecule has 0 aromatic rings. The van der Waals surface area contributed by atoms with Gasteiger partial charge in [0.15, 0.2) is 0 Å². The van der Waals surface area contributed by atoms with Crippen LogP contribution < -0.4 is 0 Å². The highest BCUT2D eigenvalue weighted by atomic mass is 19.1. The molecular weight excluding hydrogens is 187 g/mol. The molecule has 1 rings (SSSR count). The van der Waals surface area contributed by atoms with Gasteiger partial charge < -0.3 is 10.2 Å². The molecule has 14 heavy (non-hydrogen) atoms. The lowest BCUT2D eigenvalue weighted by atomic mass is 9.79. The van der Waals surface area contributed by atoms with Crippen LogP contribution in [0.2, 0.25) is 0 Å². The van der Waals surface area contributed by atoms with Gasteiger partial charge in [0.2, 0.25) is 6.17 Å². The summed E-state index contributed by atoms with van der Waals surface area (Å²) in [5, 5.41) is 17.8. The Bertz CT molecular complexity index is 200. The Morgan fingerprint density at radius 3 is 2.29 bits per heavy atom. The number of carboxylic acids is 1. The summed E-state index contributed by atoms with van der Waals surface area (Å²) in [5.41, 5.74) is 0. The van der Waals surface area contributed by atoms with Gasteiger partial charge in [0.1, 0.15) is 0 Å². The topological polar surface area (TPSA) is 57.5 Å². The van der Waals surface area contributed by atoms with Gasteiger partial charge in [-0.25, -0.2) is 9.18 Å². The minimum Gasteiger partial charge on any atom is -0.479 e. The van der Waals surface area contributed by atoms with E-state index in [1.54, 1.807) is 0 Å². The zero-order chi connectivity index (χ0) is 10.7. The zero-order valence-electron chi connectivity index (χ0n) is 8.32. The van der Waals surface area contributed by atoms with Crippen LogP contribution in [-0.2, 0) is 4.79 Å². The van der Waals surface area contributed by atoms with Crippen LogP contribution in [0.15, 0.2) is 0 Å². The molecule has 0 bridgehead atoms. The van der Waals surface area contributed by atoms with Gasteiger partial charge in [0.25, 0.3) is 0 Å². The quantitative estimate of drug-likeness (QED) is 0.734. The van der Waals surface area contributed by atoms with Crippen molar-refractivity contribution in [3.05, 3.63) is 0 Å². The summed E-state index contributed by atoms with van der Waals surface area (Å²) in [4.78, 5) is 10.3. The maximum atomic E-state index is 13.0. The number of rotatable bonds is 3. The van der Waals surface area contributed by atoms with Gasteiger partial charge in [-0.1, -0.05) is 19.8 Å². The number of aliphatic hydroxyl groups excluding tert-OH is 1. The molecule has 2 atom stereocenters. The van der Waals surface area contributed by atoms with Crippen molar-refractivity contribution in [1.82, 2.24) is 0 Å². The average Bonchev–Trinajstić information content (AvgIpc) is 2.16. The summed E-state index contributed by atoms with van der Waals surface area (Å²) in [7, 11) is 0. The molecule has 1 fully saturated rings. The predicted molar refractivity (Wildman–Crippen MR) is 49.7 cm³/mol. The maximum absolute atomic E-state index is 13.0. The Balaban J connectivity index is 2.45. The van der Waals surface area contributed by atoms with Gasteiger partial charge >= 0.3 is 5.97 Å². The van der Waals surface area contributed by atoms with Gasteiger partial charge in [0.05, 0.1) is 6.10 Å². The van der Waals surface area contributed by atoms with Crippen molar-refractivity contribution in [3.8, 4) is 0 Å². The van der Waals surface area contributed by atoms with Crippen molar-refractivity contribution in [2.75, 3.05) is 0 Å². The molecule has 3 nitrogen and oxygen atoms in total. The van der Waals surface area contributed by atoms with E-state index >= 15 is 0 Å². The summed E-state index contributed by atoms with van der Waals surface area (Å²) in [5.74, 6) is -1.13. The third-order valence-corrected chi connectivity index (χ3v) is 3.08. The van der Waals surface area contributed by atoms with Crippen LogP contribution in [0.1, 0.15) is 32.6 Å². The van der Waals surface area contributed by atoms with Crippen molar-refractivity contribution < 1.29 is 19.4 Å². The highest BCUT2D eigenvalue weighted by Gasteiger charge is 2.34. The number of aliphatic carboxylic acids is 1. The minimum atomic E-state index is -2.13. The molecule has 0 amide bonds. The van der Waals surface area contributed by atoms with Gasteiger partial charge in [-0.2, -0.15) is 0 Å². The second-order valence-corrected chi connectivity index (χ2v) is 4.25. The van der Waals surface area contributed by atoms with Crippen molar-refractivity contribution in [2.45, 2.75) is 44.9 Å². The molecule has 0 saturated heterocycles. The molecule has 0 radical (unpaired) electrons. The fourth-order valence-corrected chi connectivity index (χ4v) is 2.01. The van der Waals surface area contributed by atoms with E-state index in [1.165, 1.54) is 0 Å². The minimum absolute atomic E-state index is 0.183. The Morgan fingerprint density at radius 2 is 1.86 bits per heavy atom. The molecule has 1 aliphatic carbocycles. The lowest BCUT2D eigenvalue weighted by Crippen LogP contribution is -2.37. The van der Waals surface area contributed by atoms with Gasteiger partial charge in [0, 0.05) is 0 Å². The van der Waals surface area contributed by atoms with Gasteiger partial charge in [-0.3, -0.25) is 0 Å². The van der Waals surface area contributed by atoms with Gasteiger partial charge in [-0.15, -0.1) is 0 Å². The molecule has 1 aliphatic rings. The number of alkyl halides is 1. The molecule has 4 heteroatoms. The Kier molecular flexibility index (Phi) is 3.86.